The highest BCUT2D eigenvalue weighted by atomic mass is 35.5. The molecule has 0 aliphatic heterocycles. The minimum atomic E-state index is -0.598. The molecular formula is C19H19Cl2NO3. The summed E-state index contributed by atoms with van der Waals surface area (Å²) < 4.78 is 4.87. The number of anilines is 1. The molecule has 0 radical (unpaired) electrons. The van der Waals surface area contributed by atoms with Crippen molar-refractivity contribution in [1.82, 2.24) is 0 Å². The van der Waals surface area contributed by atoms with Crippen LogP contribution in [-0.4, -0.2) is 25.9 Å². The lowest BCUT2D eigenvalue weighted by molar-refractivity contribution is -0.145. The molecule has 0 aromatic heterocycles. The first-order valence-electron chi connectivity index (χ1n) is 7.77. The van der Waals surface area contributed by atoms with Gasteiger partial charge in [-0.2, -0.15) is 0 Å². The summed E-state index contributed by atoms with van der Waals surface area (Å²) in [4.78, 5) is 24.7. The fourth-order valence-corrected chi connectivity index (χ4v) is 2.98. The van der Waals surface area contributed by atoms with Crippen molar-refractivity contribution in [1.29, 1.82) is 0 Å². The van der Waals surface area contributed by atoms with Crippen LogP contribution in [-0.2, 0) is 16.0 Å². The second-order valence-corrected chi connectivity index (χ2v) is 6.47. The fraction of sp³-hybridized carbons (Fsp3) is 0.263. The van der Waals surface area contributed by atoms with Crippen molar-refractivity contribution in [3.05, 3.63) is 63.6 Å². The van der Waals surface area contributed by atoms with Crippen LogP contribution in [0.1, 0.15) is 22.3 Å². The van der Waals surface area contributed by atoms with E-state index in [0.717, 1.165) is 11.3 Å². The molecule has 2 aromatic carbocycles. The molecule has 0 saturated carbocycles. The molecule has 2 rings (SSSR count). The highest BCUT2D eigenvalue weighted by molar-refractivity contribution is 6.35. The molecule has 4 nitrogen and oxygen atoms in total. The topological polar surface area (TPSA) is 55.4 Å². The van der Waals surface area contributed by atoms with E-state index in [2.05, 4.69) is 5.32 Å². The van der Waals surface area contributed by atoms with E-state index in [9.17, 15) is 9.59 Å². The molecule has 0 saturated heterocycles. The van der Waals surface area contributed by atoms with Gasteiger partial charge in [0.25, 0.3) is 0 Å². The van der Waals surface area contributed by atoms with Crippen molar-refractivity contribution < 1.29 is 14.3 Å². The molecule has 0 spiro atoms. The number of ketones is 1. The zero-order valence-electron chi connectivity index (χ0n) is 14.0. The number of carbonyl (C=O) groups is 2. The third-order valence-corrected chi connectivity index (χ3v) is 4.46. The Balaban J connectivity index is 2.21. The summed E-state index contributed by atoms with van der Waals surface area (Å²) in [6.45, 7) is 0. The quantitative estimate of drug-likeness (QED) is 0.562. The number of nitrogens with one attached hydrogen (secondary N) is 1. The lowest BCUT2D eigenvalue weighted by atomic mass is 9.92. The first-order valence-corrected chi connectivity index (χ1v) is 8.53. The maximum Gasteiger partial charge on any atom is 0.309 e. The number of rotatable bonds is 7. The number of hydrogen-bond acceptors (Lipinski definition) is 4. The lowest BCUT2D eigenvalue weighted by Crippen LogP contribution is -2.22. The molecule has 0 amide bonds. The van der Waals surface area contributed by atoms with E-state index >= 15 is 0 Å². The minimum absolute atomic E-state index is 0.00346. The van der Waals surface area contributed by atoms with Gasteiger partial charge in [0.15, 0.2) is 5.78 Å². The summed E-state index contributed by atoms with van der Waals surface area (Å²) in [6, 6.07) is 12.4. The molecule has 132 valence electrons. The Morgan fingerprint density at radius 2 is 1.92 bits per heavy atom. The van der Waals surface area contributed by atoms with E-state index in [-0.39, 0.29) is 12.2 Å². The van der Waals surface area contributed by atoms with Crippen molar-refractivity contribution in [2.75, 3.05) is 19.5 Å². The number of ether oxygens (including phenoxy) is 1. The van der Waals surface area contributed by atoms with Crippen molar-refractivity contribution in [2.45, 2.75) is 12.8 Å². The first kappa shape index (κ1) is 19.3. The Labute approximate surface area is 157 Å². The van der Waals surface area contributed by atoms with E-state index in [1.165, 1.54) is 13.2 Å². The van der Waals surface area contributed by atoms with Gasteiger partial charge in [0.2, 0.25) is 0 Å². The predicted molar refractivity (Wildman–Crippen MR) is 101 cm³/mol. The van der Waals surface area contributed by atoms with E-state index in [1.807, 2.05) is 31.3 Å². The summed E-state index contributed by atoms with van der Waals surface area (Å²) in [6.07, 6.45) is 0.392. The maximum absolute atomic E-state index is 12.6. The van der Waals surface area contributed by atoms with Crippen LogP contribution in [0.4, 0.5) is 5.69 Å². The van der Waals surface area contributed by atoms with E-state index < -0.39 is 11.9 Å². The number of esters is 1. The molecule has 0 aliphatic carbocycles. The molecule has 0 fully saturated rings. The number of hydrogen-bond donors (Lipinski definition) is 1. The predicted octanol–water partition coefficient (Wildman–Crippen LogP) is 4.64. The SMILES string of the molecule is CNc1cccc(C[C@H](CC(=O)c2cc(Cl)ccc2Cl)C(=O)OC)c1. The summed E-state index contributed by atoms with van der Waals surface area (Å²) in [5.74, 6) is -1.27. The molecule has 1 atom stereocenters. The zero-order chi connectivity index (χ0) is 18.4. The maximum atomic E-state index is 12.6. The monoisotopic (exact) mass is 379 g/mol. The fourth-order valence-electron chi connectivity index (χ4n) is 2.59. The summed E-state index contributed by atoms with van der Waals surface area (Å²) in [5, 5.41) is 3.78. The molecule has 0 bridgehead atoms. The highest BCUT2D eigenvalue weighted by Gasteiger charge is 2.25. The van der Waals surface area contributed by atoms with Gasteiger partial charge in [0.1, 0.15) is 0 Å². The van der Waals surface area contributed by atoms with Crippen LogP contribution >= 0.6 is 23.2 Å². The van der Waals surface area contributed by atoms with Gasteiger partial charge in [-0.1, -0.05) is 35.3 Å². The average molecular weight is 380 g/mol. The van der Waals surface area contributed by atoms with Crippen LogP contribution in [0.5, 0.6) is 0 Å². The van der Waals surface area contributed by atoms with Crippen molar-refractivity contribution in [3.8, 4) is 0 Å². The normalized spacial score (nSPS) is 11.7. The van der Waals surface area contributed by atoms with Crippen molar-refractivity contribution in [3.63, 3.8) is 0 Å². The van der Waals surface area contributed by atoms with Gasteiger partial charge < -0.3 is 10.1 Å². The largest absolute Gasteiger partial charge is 0.469 e. The van der Waals surface area contributed by atoms with E-state index in [0.29, 0.717) is 22.0 Å². The van der Waals surface area contributed by atoms with E-state index in [4.69, 9.17) is 27.9 Å². The number of benzene rings is 2. The van der Waals surface area contributed by atoms with Gasteiger partial charge >= 0.3 is 5.97 Å². The Morgan fingerprint density at radius 3 is 2.60 bits per heavy atom. The van der Waals surface area contributed by atoms with Gasteiger partial charge in [0, 0.05) is 29.7 Å². The highest BCUT2D eigenvalue weighted by Crippen LogP contribution is 2.25. The molecule has 0 heterocycles. The van der Waals surface area contributed by atoms with Crippen LogP contribution in [0.3, 0.4) is 0 Å². The summed E-state index contributed by atoms with van der Waals surface area (Å²) in [5.41, 5.74) is 2.18. The summed E-state index contributed by atoms with van der Waals surface area (Å²) >= 11 is 12.0. The summed E-state index contributed by atoms with van der Waals surface area (Å²) in [7, 11) is 3.14. The van der Waals surface area contributed by atoms with E-state index in [1.54, 1.807) is 12.1 Å². The van der Waals surface area contributed by atoms with Crippen molar-refractivity contribution in [2.24, 2.45) is 5.92 Å². The van der Waals surface area contributed by atoms with Gasteiger partial charge in [0.05, 0.1) is 18.1 Å². The van der Waals surface area contributed by atoms with Crippen LogP contribution in [0.25, 0.3) is 0 Å². The average Bonchev–Trinajstić information content (AvgIpc) is 2.62. The Bertz CT molecular complexity index is 777. The minimum Gasteiger partial charge on any atom is -0.469 e. The standard InChI is InChI=1S/C19H19Cl2NO3/c1-22-15-5-3-4-12(9-15)8-13(19(24)25-2)10-18(23)16-11-14(20)6-7-17(16)21/h3-7,9,11,13,22H,8,10H2,1-2H3/t13-/m1/s1. The molecule has 25 heavy (non-hydrogen) atoms. The molecule has 0 aliphatic rings. The van der Waals surface area contributed by atoms with Gasteiger partial charge in [-0.05, 0) is 42.3 Å². The third-order valence-electron chi connectivity index (χ3n) is 3.89. The molecule has 2 aromatic rings. The molecule has 0 unspecified atom stereocenters. The smallest absolute Gasteiger partial charge is 0.309 e. The third kappa shape index (κ3) is 5.21. The van der Waals surface area contributed by atoms with Crippen LogP contribution in [0.2, 0.25) is 10.0 Å². The van der Waals surface area contributed by atoms with Gasteiger partial charge in [-0.25, -0.2) is 0 Å². The Hall–Kier alpha value is -2.04. The second-order valence-electron chi connectivity index (χ2n) is 5.63. The Morgan fingerprint density at radius 1 is 1.16 bits per heavy atom. The van der Waals surface area contributed by atoms with Gasteiger partial charge in [-0.15, -0.1) is 0 Å². The number of carbonyl (C=O) groups excluding carboxylic acids is 2. The Kier molecular flexibility index (Phi) is 6.85. The second kappa shape index (κ2) is 8.88. The first-order chi connectivity index (χ1) is 11.9. The number of halogens is 2. The van der Waals surface area contributed by atoms with Crippen LogP contribution < -0.4 is 5.32 Å². The van der Waals surface area contributed by atoms with Crippen molar-refractivity contribution >= 4 is 40.6 Å². The van der Waals surface area contributed by atoms with Crippen LogP contribution in [0.15, 0.2) is 42.5 Å². The lowest BCUT2D eigenvalue weighted by Gasteiger charge is -2.15. The van der Waals surface area contributed by atoms with Gasteiger partial charge in [-0.3, -0.25) is 9.59 Å². The number of methoxy groups -OCH3 is 1. The molecule has 1 N–H and O–H groups in total. The number of Topliss-reactive ketones (excluding diaryl/α,β-unsaturated/α-hetero) is 1. The molecular weight excluding hydrogens is 361 g/mol. The van der Waals surface area contributed by atoms with Crippen LogP contribution in [0, 0.1) is 5.92 Å². The molecule has 6 heteroatoms. The zero-order valence-corrected chi connectivity index (χ0v) is 15.5.